The second-order valence-electron chi connectivity index (χ2n) is 5.38. The van der Waals surface area contributed by atoms with E-state index in [9.17, 15) is 9.59 Å². The lowest BCUT2D eigenvalue weighted by molar-refractivity contribution is -0.136. The number of hydrogen-bond donors (Lipinski definition) is 3. The van der Waals surface area contributed by atoms with Gasteiger partial charge in [-0.25, -0.2) is 4.98 Å². The van der Waals surface area contributed by atoms with Gasteiger partial charge in [0.25, 0.3) is 0 Å². The number of fused-ring (bicyclic) bond motifs is 1. The maximum absolute atomic E-state index is 12.0. The minimum atomic E-state index is -0.774. The van der Waals surface area contributed by atoms with Crippen LogP contribution < -0.4 is 10.6 Å². The molecule has 0 atom stereocenters. The van der Waals surface area contributed by atoms with E-state index < -0.39 is 11.8 Å². The molecule has 9 heteroatoms. The molecule has 0 radical (unpaired) electrons. The highest BCUT2D eigenvalue weighted by molar-refractivity contribution is 6.40. The van der Waals surface area contributed by atoms with Crippen LogP contribution in [0.5, 0.6) is 0 Å². The third-order valence-corrected chi connectivity index (χ3v) is 3.86. The number of H-pyrrole nitrogens is 1. The molecular weight excluding hydrogens is 310 g/mol. The van der Waals surface area contributed by atoms with Crippen molar-refractivity contribution in [2.75, 3.05) is 5.32 Å². The number of anilines is 1. The predicted octanol–water partition coefficient (Wildman–Crippen LogP) is 0.563. The smallest absolute Gasteiger partial charge is 0.314 e. The Labute approximate surface area is 137 Å². The summed E-state index contributed by atoms with van der Waals surface area (Å²) >= 11 is 0. The van der Waals surface area contributed by atoms with E-state index in [1.54, 1.807) is 23.0 Å². The average molecular weight is 327 g/mol. The fourth-order valence-electron chi connectivity index (χ4n) is 2.44. The van der Waals surface area contributed by atoms with Gasteiger partial charge in [0.1, 0.15) is 5.82 Å². The zero-order chi connectivity index (χ0) is 17.3. The Morgan fingerprint density at radius 2 is 2.08 bits per heavy atom. The predicted molar refractivity (Wildman–Crippen MR) is 87.0 cm³/mol. The summed E-state index contributed by atoms with van der Waals surface area (Å²) in [5, 5.41) is 16.6. The maximum Gasteiger partial charge on any atom is 0.314 e. The van der Waals surface area contributed by atoms with E-state index in [0.717, 1.165) is 17.0 Å². The lowest BCUT2D eigenvalue weighted by atomic mass is 10.2. The quantitative estimate of drug-likeness (QED) is 0.608. The van der Waals surface area contributed by atoms with Gasteiger partial charge in [-0.1, -0.05) is 0 Å². The van der Waals surface area contributed by atoms with E-state index >= 15 is 0 Å². The molecule has 0 aromatic carbocycles. The summed E-state index contributed by atoms with van der Waals surface area (Å²) in [6.45, 7) is 4.01. The van der Waals surface area contributed by atoms with Gasteiger partial charge >= 0.3 is 11.8 Å². The lowest BCUT2D eigenvalue weighted by Crippen LogP contribution is -2.35. The molecule has 0 aliphatic carbocycles. The van der Waals surface area contributed by atoms with Crippen LogP contribution in [0.25, 0.3) is 11.0 Å². The number of carbonyl (C=O) groups is 2. The van der Waals surface area contributed by atoms with Crippen LogP contribution in [0.2, 0.25) is 0 Å². The molecule has 0 unspecified atom stereocenters. The van der Waals surface area contributed by atoms with Crippen molar-refractivity contribution >= 4 is 28.7 Å². The molecule has 0 aliphatic rings. The van der Waals surface area contributed by atoms with Crippen molar-refractivity contribution in [3.05, 3.63) is 35.3 Å². The largest absolute Gasteiger partial charge is 0.344 e. The van der Waals surface area contributed by atoms with Crippen LogP contribution >= 0.6 is 0 Å². The van der Waals surface area contributed by atoms with Crippen molar-refractivity contribution in [3.63, 3.8) is 0 Å². The summed E-state index contributed by atoms with van der Waals surface area (Å²) in [6.07, 6.45) is 1.60. The van der Waals surface area contributed by atoms with Gasteiger partial charge in [-0.3, -0.25) is 19.4 Å². The molecule has 3 rings (SSSR count). The number of nitrogens with zero attached hydrogens (tertiary/aromatic N) is 4. The fraction of sp³-hybridized carbons (Fsp3) is 0.267. The van der Waals surface area contributed by atoms with E-state index in [1.807, 2.05) is 20.9 Å². The molecule has 0 aliphatic heterocycles. The minimum Gasteiger partial charge on any atom is -0.344 e. The van der Waals surface area contributed by atoms with E-state index in [1.165, 1.54) is 0 Å². The van der Waals surface area contributed by atoms with Gasteiger partial charge < -0.3 is 10.6 Å². The molecular formula is C15H17N7O2. The number of carbonyl (C=O) groups excluding carboxylic acids is 2. The van der Waals surface area contributed by atoms with E-state index in [0.29, 0.717) is 16.9 Å². The van der Waals surface area contributed by atoms with Crippen molar-refractivity contribution < 1.29 is 9.59 Å². The Hall–Kier alpha value is -3.23. The minimum absolute atomic E-state index is 0.239. The summed E-state index contributed by atoms with van der Waals surface area (Å²) in [6, 6.07) is 3.48. The normalized spacial score (nSPS) is 10.8. The van der Waals surface area contributed by atoms with Gasteiger partial charge in [0.2, 0.25) is 0 Å². The highest BCUT2D eigenvalue weighted by Gasteiger charge is 2.18. The first-order valence-electron chi connectivity index (χ1n) is 7.34. The van der Waals surface area contributed by atoms with Crippen molar-refractivity contribution in [3.8, 4) is 0 Å². The van der Waals surface area contributed by atoms with Crippen molar-refractivity contribution in [2.24, 2.45) is 7.05 Å². The summed E-state index contributed by atoms with van der Waals surface area (Å²) in [7, 11) is 1.83. The Balaban J connectivity index is 1.66. The topological polar surface area (TPSA) is 118 Å². The monoisotopic (exact) mass is 327 g/mol. The zero-order valence-corrected chi connectivity index (χ0v) is 13.5. The molecule has 3 aromatic heterocycles. The van der Waals surface area contributed by atoms with Gasteiger partial charge in [0, 0.05) is 31.0 Å². The molecule has 3 N–H and O–H groups in total. The van der Waals surface area contributed by atoms with Crippen LogP contribution in [0, 0.1) is 13.8 Å². The number of aromatic amines is 1. The number of hydrogen-bond acceptors (Lipinski definition) is 5. The van der Waals surface area contributed by atoms with Gasteiger partial charge in [-0.2, -0.15) is 10.2 Å². The second-order valence-corrected chi connectivity index (χ2v) is 5.38. The number of amides is 2. The molecule has 0 spiro atoms. The van der Waals surface area contributed by atoms with Gasteiger partial charge in [0.05, 0.1) is 11.1 Å². The summed E-state index contributed by atoms with van der Waals surface area (Å²) in [5.41, 5.74) is 3.13. The Morgan fingerprint density at radius 1 is 1.29 bits per heavy atom. The molecule has 3 aromatic rings. The average Bonchev–Trinajstić information content (AvgIpc) is 3.07. The van der Waals surface area contributed by atoms with Crippen LogP contribution in [0.1, 0.15) is 17.0 Å². The van der Waals surface area contributed by atoms with Crippen molar-refractivity contribution in [1.29, 1.82) is 0 Å². The van der Waals surface area contributed by atoms with Crippen LogP contribution in [0.15, 0.2) is 18.3 Å². The number of nitrogens with one attached hydrogen (secondary N) is 3. The molecule has 9 nitrogen and oxygen atoms in total. The third-order valence-electron chi connectivity index (χ3n) is 3.86. The maximum atomic E-state index is 12.0. The number of aryl methyl sites for hydroxylation is 2. The van der Waals surface area contributed by atoms with Gasteiger partial charge in [-0.05, 0) is 26.0 Å². The first-order chi connectivity index (χ1) is 11.5. The molecule has 0 fully saturated rings. The highest BCUT2D eigenvalue weighted by Crippen LogP contribution is 2.17. The molecule has 124 valence electrons. The zero-order valence-electron chi connectivity index (χ0n) is 13.5. The lowest BCUT2D eigenvalue weighted by Gasteiger charge is -2.06. The standard InChI is InChI=1S/C15H17N7O2/c1-8-11(9(2)22(3)21-8)7-17-14(23)15(24)18-13-10-5-4-6-16-12(10)19-20-13/h4-6H,7H2,1-3H3,(H,17,23)(H2,16,18,19,20,24). The Morgan fingerprint density at radius 3 is 2.79 bits per heavy atom. The molecule has 3 heterocycles. The van der Waals surface area contributed by atoms with Gasteiger partial charge in [-0.15, -0.1) is 0 Å². The second kappa shape index (κ2) is 6.11. The van der Waals surface area contributed by atoms with Crippen molar-refractivity contribution in [1.82, 2.24) is 30.3 Å². The summed E-state index contributed by atoms with van der Waals surface area (Å²) in [5.74, 6) is -1.17. The van der Waals surface area contributed by atoms with Crippen LogP contribution in [-0.2, 0) is 23.2 Å². The summed E-state index contributed by atoms with van der Waals surface area (Å²) in [4.78, 5) is 28.1. The van der Waals surface area contributed by atoms with Crippen LogP contribution in [0.3, 0.4) is 0 Å². The van der Waals surface area contributed by atoms with Crippen LogP contribution in [0.4, 0.5) is 5.82 Å². The number of rotatable bonds is 3. The molecule has 0 saturated heterocycles. The third kappa shape index (κ3) is 2.83. The Kier molecular flexibility index (Phi) is 3.98. The number of aromatic nitrogens is 5. The highest BCUT2D eigenvalue weighted by atomic mass is 16.2. The first-order valence-corrected chi connectivity index (χ1v) is 7.34. The van der Waals surface area contributed by atoms with Crippen LogP contribution in [-0.4, -0.2) is 36.8 Å². The molecule has 0 bridgehead atoms. The molecule has 24 heavy (non-hydrogen) atoms. The van der Waals surface area contributed by atoms with Crippen molar-refractivity contribution in [2.45, 2.75) is 20.4 Å². The summed E-state index contributed by atoms with van der Waals surface area (Å²) < 4.78 is 1.74. The van der Waals surface area contributed by atoms with Gasteiger partial charge in [0.15, 0.2) is 5.65 Å². The first kappa shape index (κ1) is 15.7. The van der Waals surface area contributed by atoms with E-state index in [4.69, 9.17) is 0 Å². The molecule has 2 amide bonds. The number of pyridine rings is 1. The SMILES string of the molecule is Cc1nn(C)c(C)c1CNC(=O)C(=O)Nc1[nH]nc2ncccc12. The van der Waals surface area contributed by atoms with E-state index in [2.05, 4.69) is 30.9 Å². The molecule has 0 saturated carbocycles. The fourth-order valence-corrected chi connectivity index (χ4v) is 2.44. The van der Waals surface area contributed by atoms with E-state index in [-0.39, 0.29) is 6.54 Å². The Bertz CT molecular complexity index is 925.